The molecule has 1 amide bonds. The van der Waals surface area contributed by atoms with Crippen LogP contribution in [0, 0.1) is 5.41 Å². The number of carbonyl (C=O) groups is 1. The largest absolute Gasteiger partial charge is 0.476 e. The topological polar surface area (TPSA) is 124 Å². The van der Waals surface area contributed by atoms with Crippen molar-refractivity contribution in [3.63, 3.8) is 0 Å². The first-order valence-corrected chi connectivity index (χ1v) is 5.04. The molecular weight excluding hydrogens is 246 g/mol. The fraction of sp³-hybridized carbons (Fsp3) is 0.125. The Morgan fingerprint density at radius 1 is 1.71 bits per heavy atom. The van der Waals surface area contributed by atoms with E-state index in [2.05, 4.69) is 25.9 Å². The molecule has 9 heteroatoms. The Bertz CT molecular complexity index is 456. The average Bonchev–Trinajstić information content (AvgIpc) is 2.75. The summed E-state index contributed by atoms with van der Waals surface area (Å²) in [6, 6.07) is 0. The van der Waals surface area contributed by atoms with Gasteiger partial charge in [0.2, 0.25) is 11.5 Å². The normalized spacial score (nSPS) is 10.7. The van der Waals surface area contributed by atoms with Gasteiger partial charge in [0, 0.05) is 0 Å². The third kappa shape index (κ3) is 3.65. The van der Waals surface area contributed by atoms with Gasteiger partial charge in [0.15, 0.2) is 11.4 Å². The van der Waals surface area contributed by atoms with Crippen LogP contribution >= 0.6 is 11.5 Å². The molecule has 0 fully saturated rings. The van der Waals surface area contributed by atoms with Crippen LogP contribution in [0.25, 0.3) is 0 Å². The van der Waals surface area contributed by atoms with Gasteiger partial charge in [-0.25, -0.2) is 4.98 Å². The third-order valence-corrected chi connectivity index (χ3v) is 2.11. The van der Waals surface area contributed by atoms with Gasteiger partial charge < -0.3 is 15.3 Å². The fourth-order valence-electron chi connectivity index (χ4n) is 0.809. The minimum absolute atomic E-state index is 0.0490. The number of primary amides is 1. The Hall–Kier alpha value is -2.29. The van der Waals surface area contributed by atoms with E-state index in [0.717, 1.165) is 24.2 Å². The highest BCUT2D eigenvalue weighted by Gasteiger charge is 2.17. The minimum atomic E-state index is -0.816. The summed E-state index contributed by atoms with van der Waals surface area (Å²) in [6.45, 7) is 3.36. The highest BCUT2D eigenvalue weighted by molar-refractivity contribution is 7.05. The van der Waals surface area contributed by atoms with Crippen LogP contribution in [0.5, 0.6) is 0 Å². The summed E-state index contributed by atoms with van der Waals surface area (Å²) in [5, 5.41) is 10.6. The molecule has 0 aromatic carbocycles. The molecule has 0 spiro atoms. The summed E-state index contributed by atoms with van der Waals surface area (Å²) >= 11 is 1.01. The lowest BCUT2D eigenvalue weighted by atomic mass is 10.3. The SMILES string of the molecule is C=CO/N=C(\C(N)=O)c1nsc(COC=N)n1. The van der Waals surface area contributed by atoms with Crippen molar-refractivity contribution < 1.29 is 14.4 Å². The Labute approximate surface area is 100 Å². The molecule has 1 aromatic heterocycles. The van der Waals surface area contributed by atoms with Gasteiger partial charge in [0.25, 0.3) is 5.91 Å². The standard InChI is InChI=1S/C8H9N5O3S/c1-2-16-12-6(7(10)14)8-11-5(17-13-8)3-15-4-9/h2,4,9H,1,3H2,(H2,10,14)/b9-4?,12-6+. The number of nitrogens with one attached hydrogen (secondary N) is 1. The van der Waals surface area contributed by atoms with E-state index in [1.54, 1.807) is 0 Å². The summed E-state index contributed by atoms with van der Waals surface area (Å²) in [6.07, 6.45) is 1.82. The zero-order valence-electron chi connectivity index (χ0n) is 8.62. The van der Waals surface area contributed by atoms with E-state index >= 15 is 0 Å². The molecule has 0 aliphatic rings. The van der Waals surface area contributed by atoms with E-state index in [9.17, 15) is 4.79 Å². The van der Waals surface area contributed by atoms with Gasteiger partial charge in [-0.2, -0.15) is 4.37 Å². The number of nitrogens with zero attached hydrogens (tertiary/aromatic N) is 3. The van der Waals surface area contributed by atoms with Crippen LogP contribution in [0.4, 0.5) is 0 Å². The van der Waals surface area contributed by atoms with Crippen LogP contribution in [0.1, 0.15) is 10.8 Å². The first kappa shape index (κ1) is 12.8. The molecule has 17 heavy (non-hydrogen) atoms. The summed E-state index contributed by atoms with van der Waals surface area (Å²) in [5.74, 6) is -0.767. The Balaban J connectivity index is 2.87. The monoisotopic (exact) mass is 255 g/mol. The molecule has 1 aromatic rings. The first-order chi connectivity index (χ1) is 8.19. The molecule has 3 N–H and O–H groups in total. The number of oxime groups is 1. The first-order valence-electron chi connectivity index (χ1n) is 4.27. The van der Waals surface area contributed by atoms with Gasteiger partial charge in [0.05, 0.1) is 0 Å². The second-order valence-corrected chi connectivity index (χ2v) is 3.35. The van der Waals surface area contributed by atoms with Crippen LogP contribution < -0.4 is 5.73 Å². The van der Waals surface area contributed by atoms with Crippen molar-refractivity contribution in [3.8, 4) is 0 Å². The second-order valence-electron chi connectivity index (χ2n) is 2.52. The van der Waals surface area contributed by atoms with E-state index < -0.39 is 5.91 Å². The molecule has 8 nitrogen and oxygen atoms in total. The number of hydrogen-bond acceptors (Lipinski definition) is 8. The maximum atomic E-state index is 11.1. The Kier molecular flexibility index (Phi) is 4.76. The van der Waals surface area contributed by atoms with Crippen molar-refractivity contribution in [2.45, 2.75) is 6.61 Å². The summed E-state index contributed by atoms with van der Waals surface area (Å²) < 4.78 is 8.57. The van der Waals surface area contributed by atoms with Gasteiger partial charge in [-0.15, -0.1) is 0 Å². The van der Waals surface area contributed by atoms with E-state index in [-0.39, 0.29) is 18.1 Å². The number of hydrogen-bond donors (Lipinski definition) is 2. The molecule has 1 rings (SSSR count). The van der Waals surface area contributed by atoms with Gasteiger partial charge >= 0.3 is 0 Å². The van der Waals surface area contributed by atoms with Crippen molar-refractivity contribution in [3.05, 3.63) is 23.7 Å². The Morgan fingerprint density at radius 3 is 3.06 bits per heavy atom. The maximum absolute atomic E-state index is 11.1. The number of nitrogens with two attached hydrogens (primary N) is 1. The van der Waals surface area contributed by atoms with Crippen molar-refractivity contribution in [2.24, 2.45) is 10.9 Å². The lowest BCUT2D eigenvalue weighted by Crippen LogP contribution is -2.25. The van der Waals surface area contributed by atoms with Crippen LogP contribution in [-0.2, 0) is 21.0 Å². The molecular formula is C8H9N5O3S. The fourth-order valence-corrected chi connectivity index (χ4v) is 1.38. The summed E-state index contributed by atoms with van der Waals surface area (Å²) in [5.41, 5.74) is 4.89. The number of ether oxygens (including phenoxy) is 1. The predicted octanol–water partition coefficient (Wildman–Crippen LogP) is 0.0113. The van der Waals surface area contributed by atoms with E-state index in [1.165, 1.54) is 0 Å². The molecule has 1 heterocycles. The third-order valence-electron chi connectivity index (χ3n) is 1.42. The van der Waals surface area contributed by atoms with Crippen LogP contribution in [0.3, 0.4) is 0 Å². The molecule has 0 unspecified atom stereocenters. The smallest absolute Gasteiger partial charge is 0.274 e. The van der Waals surface area contributed by atoms with E-state index in [4.69, 9.17) is 15.9 Å². The zero-order chi connectivity index (χ0) is 12.7. The molecule has 0 saturated heterocycles. The minimum Gasteiger partial charge on any atom is -0.476 e. The predicted molar refractivity (Wildman–Crippen MR) is 60.5 cm³/mol. The van der Waals surface area contributed by atoms with Crippen LogP contribution in [0.2, 0.25) is 0 Å². The molecule has 0 bridgehead atoms. The number of rotatable bonds is 7. The maximum Gasteiger partial charge on any atom is 0.274 e. The quantitative estimate of drug-likeness (QED) is 0.307. The highest BCUT2D eigenvalue weighted by Crippen LogP contribution is 2.07. The van der Waals surface area contributed by atoms with Gasteiger partial charge in [0.1, 0.15) is 12.9 Å². The van der Waals surface area contributed by atoms with Gasteiger partial charge in [-0.1, -0.05) is 11.7 Å². The average molecular weight is 255 g/mol. The molecule has 90 valence electrons. The van der Waals surface area contributed by atoms with Crippen molar-refractivity contribution in [2.75, 3.05) is 0 Å². The highest BCUT2D eigenvalue weighted by atomic mass is 32.1. The molecule has 0 aliphatic carbocycles. The number of aromatic nitrogens is 2. The number of carbonyl (C=O) groups excluding carboxylic acids is 1. The lowest BCUT2D eigenvalue weighted by molar-refractivity contribution is -0.112. The molecule has 0 saturated carbocycles. The van der Waals surface area contributed by atoms with Crippen molar-refractivity contribution >= 4 is 29.6 Å². The molecule has 0 atom stereocenters. The Morgan fingerprint density at radius 2 is 2.47 bits per heavy atom. The summed E-state index contributed by atoms with van der Waals surface area (Å²) in [7, 11) is 0. The summed E-state index contributed by atoms with van der Waals surface area (Å²) in [4.78, 5) is 19.5. The van der Waals surface area contributed by atoms with Crippen LogP contribution in [-0.4, -0.2) is 27.4 Å². The van der Waals surface area contributed by atoms with E-state index in [0.29, 0.717) is 5.01 Å². The van der Waals surface area contributed by atoms with E-state index in [1.807, 2.05) is 0 Å². The zero-order valence-corrected chi connectivity index (χ0v) is 9.44. The van der Waals surface area contributed by atoms with Crippen LogP contribution in [0.15, 0.2) is 18.0 Å². The molecule has 0 radical (unpaired) electrons. The van der Waals surface area contributed by atoms with Gasteiger partial charge in [-0.3, -0.25) is 10.2 Å². The van der Waals surface area contributed by atoms with Crippen molar-refractivity contribution in [1.29, 1.82) is 5.41 Å². The number of amides is 1. The van der Waals surface area contributed by atoms with Gasteiger partial charge in [-0.05, 0) is 11.5 Å². The lowest BCUT2D eigenvalue weighted by Gasteiger charge is -1.95. The van der Waals surface area contributed by atoms with Crippen molar-refractivity contribution in [1.82, 2.24) is 9.36 Å². The second kappa shape index (κ2) is 6.33. The molecule has 0 aliphatic heterocycles.